The highest BCUT2D eigenvalue weighted by Gasteiger charge is 2.54. The first kappa shape index (κ1) is 25.5. The monoisotopic (exact) mass is 576 g/mol. The van der Waals surface area contributed by atoms with Crippen LogP contribution in [0.15, 0.2) is 170 Å². The highest BCUT2D eigenvalue weighted by molar-refractivity contribution is 5.95. The zero-order valence-corrected chi connectivity index (χ0v) is 24.5. The number of fused-ring (bicyclic) bond motifs is 9. The van der Waals surface area contributed by atoms with Crippen molar-refractivity contribution in [3.8, 4) is 11.1 Å². The van der Waals surface area contributed by atoms with Crippen LogP contribution < -0.4 is 9.80 Å². The molecular weight excluding hydrogens is 548 g/mol. The molecule has 2 aliphatic rings. The SMILES string of the molecule is c1ccc(N(c2ccccc2)c2ccc3c(c2)C2(c4ccccc4N3c3ccccc3)c3ncccc3-c3cccnc32)cc1. The summed E-state index contributed by atoms with van der Waals surface area (Å²) >= 11 is 0. The average molecular weight is 577 g/mol. The minimum atomic E-state index is -0.709. The number of anilines is 6. The molecule has 0 fully saturated rings. The summed E-state index contributed by atoms with van der Waals surface area (Å²) in [6, 6.07) is 55.9. The van der Waals surface area contributed by atoms with Crippen molar-refractivity contribution in [1.29, 1.82) is 0 Å². The Labute approximate surface area is 262 Å². The zero-order valence-electron chi connectivity index (χ0n) is 24.5. The van der Waals surface area contributed by atoms with Gasteiger partial charge in [-0.3, -0.25) is 9.97 Å². The summed E-state index contributed by atoms with van der Waals surface area (Å²) in [4.78, 5) is 15.0. The van der Waals surface area contributed by atoms with Crippen LogP contribution in [0.5, 0.6) is 0 Å². The van der Waals surface area contributed by atoms with Gasteiger partial charge in [-0.1, -0.05) is 84.9 Å². The molecule has 0 saturated carbocycles. The van der Waals surface area contributed by atoms with E-state index in [9.17, 15) is 0 Å². The minimum Gasteiger partial charge on any atom is -0.310 e. The van der Waals surface area contributed by atoms with Gasteiger partial charge in [0.25, 0.3) is 0 Å². The van der Waals surface area contributed by atoms with Gasteiger partial charge in [0.15, 0.2) is 0 Å². The van der Waals surface area contributed by atoms with Crippen LogP contribution in [0.1, 0.15) is 22.5 Å². The van der Waals surface area contributed by atoms with Gasteiger partial charge in [0.2, 0.25) is 0 Å². The van der Waals surface area contributed by atoms with Crippen LogP contribution in [0.4, 0.5) is 34.1 Å². The molecule has 5 aromatic carbocycles. The van der Waals surface area contributed by atoms with Crippen molar-refractivity contribution >= 4 is 34.1 Å². The quantitative estimate of drug-likeness (QED) is 0.209. The number of pyridine rings is 2. The fraction of sp³-hybridized carbons (Fsp3) is 0.0244. The number of benzene rings is 5. The van der Waals surface area contributed by atoms with Crippen molar-refractivity contribution in [1.82, 2.24) is 9.97 Å². The van der Waals surface area contributed by atoms with Gasteiger partial charge in [0, 0.05) is 51.8 Å². The van der Waals surface area contributed by atoms with E-state index in [1.807, 2.05) is 24.5 Å². The molecule has 45 heavy (non-hydrogen) atoms. The molecule has 4 heteroatoms. The Hall–Kier alpha value is -6.00. The largest absolute Gasteiger partial charge is 0.310 e. The van der Waals surface area contributed by atoms with Crippen LogP contribution >= 0.6 is 0 Å². The maximum Gasteiger partial charge on any atom is 0.110 e. The van der Waals surface area contributed by atoms with E-state index in [0.717, 1.165) is 62.2 Å². The molecule has 0 radical (unpaired) electrons. The van der Waals surface area contributed by atoms with Gasteiger partial charge in [-0.15, -0.1) is 0 Å². The number of rotatable bonds is 4. The van der Waals surface area contributed by atoms with Crippen molar-refractivity contribution in [2.75, 3.05) is 9.80 Å². The molecule has 0 N–H and O–H groups in total. The molecule has 2 aromatic heterocycles. The van der Waals surface area contributed by atoms with Crippen LogP contribution in [-0.4, -0.2) is 9.97 Å². The second-order valence-corrected chi connectivity index (χ2v) is 11.4. The summed E-state index contributed by atoms with van der Waals surface area (Å²) < 4.78 is 0. The topological polar surface area (TPSA) is 32.3 Å². The minimum absolute atomic E-state index is 0.709. The fourth-order valence-electron chi connectivity index (χ4n) is 7.34. The summed E-state index contributed by atoms with van der Waals surface area (Å²) in [5.41, 5.74) is 12.5. The number of hydrogen-bond donors (Lipinski definition) is 0. The summed E-state index contributed by atoms with van der Waals surface area (Å²) in [5, 5.41) is 0. The molecule has 212 valence electrons. The van der Waals surface area contributed by atoms with E-state index in [2.05, 4.69) is 155 Å². The lowest BCUT2D eigenvalue weighted by Crippen LogP contribution is -2.37. The highest BCUT2D eigenvalue weighted by Crippen LogP contribution is 2.62. The first-order valence-corrected chi connectivity index (χ1v) is 15.3. The fourth-order valence-corrected chi connectivity index (χ4v) is 7.34. The molecule has 1 spiro atoms. The van der Waals surface area contributed by atoms with Crippen molar-refractivity contribution in [3.05, 3.63) is 193 Å². The molecule has 1 aliphatic carbocycles. The van der Waals surface area contributed by atoms with Crippen molar-refractivity contribution in [2.45, 2.75) is 5.41 Å². The van der Waals surface area contributed by atoms with Crippen molar-refractivity contribution < 1.29 is 0 Å². The van der Waals surface area contributed by atoms with E-state index in [4.69, 9.17) is 9.97 Å². The van der Waals surface area contributed by atoms with E-state index in [1.54, 1.807) is 0 Å². The second-order valence-electron chi connectivity index (χ2n) is 11.4. The maximum absolute atomic E-state index is 5.17. The van der Waals surface area contributed by atoms with Gasteiger partial charge >= 0.3 is 0 Å². The van der Waals surface area contributed by atoms with Gasteiger partial charge in [-0.05, 0) is 78.4 Å². The van der Waals surface area contributed by atoms with Crippen LogP contribution in [0.3, 0.4) is 0 Å². The molecule has 3 heterocycles. The molecule has 0 atom stereocenters. The molecule has 7 aromatic rings. The predicted molar refractivity (Wildman–Crippen MR) is 182 cm³/mol. The molecule has 0 saturated heterocycles. The standard InChI is InChI=1S/C41H28N4/c1-4-14-29(15-5-1)44(30-16-6-2-7-17-30)32-24-25-38-36(28-32)41(39-33(20-12-26-42-39)34-21-13-27-43-40(34)41)35-22-10-11-23-37(35)45(38)31-18-8-3-9-19-31/h1-28H. The molecule has 0 amide bonds. The molecular formula is C41H28N4. The average Bonchev–Trinajstić information content (AvgIpc) is 3.41. The Morgan fingerprint density at radius 2 is 0.978 bits per heavy atom. The third-order valence-electron chi connectivity index (χ3n) is 9.09. The number of hydrogen-bond acceptors (Lipinski definition) is 4. The summed E-state index contributed by atoms with van der Waals surface area (Å²) in [6.45, 7) is 0. The smallest absolute Gasteiger partial charge is 0.110 e. The van der Waals surface area contributed by atoms with E-state index >= 15 is 0 Å². The van der Waals surface area contributed by atoms with E-state index in [0.29, 0.717) is 0 Å². The molecule has 1 aliphatic heterocycles. The maximum atomic E-state index is 5.17. The Morgan fingerprint density at radius 1 is 0.444 bits per heavy atom. The van der Waals surface area contributed by atoms with E-state index in [-0.39, 0.29) is 0 Å². The van der Waals surface area contributed by atoms with Gasteiger partial charge < -0.3 is 9.80 Å². The predicted octanol–water partition coefficient (Wildman–Crippen LogP) is 10.1. The van der Waals surface area contributed by atoms with Gasteiger partial charge in [-0.2, -0.15) is 0 Å². The van der Waals surface area contributed by atoms with Crippen LogP contribution in [0, 0.1) is 0 Å². The van der Waals surface area contributed by atoms with Crippen LogP contribution in [0.2, 0.25) is 0 Å². The molecule has 9 rings (SSSR count). The molecule has 0 unspecified atom stereocenters. The Morgan fingerprint density at radius 3 is 1.60 bits per heavy atom. The van der Waals surface area contributed by atoms with Gasteiger partial charge in [0.1, 0.15) is 5.41 Å². The summed E-state index contributed by atoms with van der Waals surface area (Å²) in [5.74, 6) is 0. The van der Waals surface area contributed by atoms with E-state index < -0.39 is 5.41 Å². The number of nitrogens with zero attached hydrogens (tertiary/aromatic N) is 4. The third kappa shape index (κ3) is 3.66. The second kappa shape index (κ2) is 10.0. The highest BCUT2D eigenvalue weighted by atomic mass is 15.2. The first-order valence-electron chi connectivity index (χ1n) is 15.3. The normalized spacial score (nSPS) is 13.5. The molecule has 0 bridgehead atoms. The Balaban J connectivity index is 1.41. The zero-order chi connectivity index (χ0) is 29.8. The van der Waals surface area contributed by atoms with Crippen molar-refractivity contribution in [2.24, 2.45) is 0 Å². The summed E-state index contributed by atoms with van der Waals surface area (Å²) in [6.07, 6.45) is 3.84. The first-order chi connectivity index (χ1) is 22.4. The van der Waals surface area contributed by atoms with Crippen LogP contribution in [0.25, 0.3) is 11.1 Å². The van der Waals surface area contributed by atoms with E-state index in [1.165, 1.54) is 5.56 Å². The van der Waals surface area contributed by atoms with Gasteiger partial charge in [-0.25, -0.2) is 0 Å². The summed E-state index contributed by atoms with van der Waals surface area (Å²) in [7, 11) is 0. The number of aromatic nitrogens is 2. The lowest BCUT2D eigenvalue weighted by molar-refractivity contribution is 0.701. The Bertz CT molecular complexity index is 2090. The Kier molecular flexibility index (Phi) is 5.69. The lowest BCUT2D eigenvalue weighted by atomic mass is 9.67. The van der Waals surface area contributed by atoms with Crippen molar-refractivity contribution in [3.63, 3.8) is 0 Å². The third-order valence-corrected chi connectivity index (χ3v) is 9.09. The van der Waals surface area contributed by atoms with Crippen LogP contribution in [-0.2, 0) is 5.41 Å². The lowest BCUT2D eigenvalue weighted by Gasteiger charge is -2.44. The van der Waals surface area contributed by atoms with Gasteiger partial charge in [0.05, 0.1) is 22.8 Å². The molecule has 4 nitrogen and oxygen atoms in total. The number of para-hydroxylation sites is 4.